The topological polar surface area (TPSA) is 174 Å². The summed E-state index contributed by atoms with van der Waals surface area (Å²) >= 11 is 0. The van der Waals surface area contributed by atoms with Crippen LogP contribution in [0.5, 0.6) is 5.75 Å². The number of nitrogens with one attached hydrogen (secondary N) is 4. The third-order valence-electron chi connectivity index (χ3n) is 13.4. The lowest BCUT2D eigenvalue weighted by atomic mass is 9.63. The van der Waals surface area contributed by atoms with Crippen molar-refractivity contribution in [3.63, 3.8) is 0 Å². The molecule has 3 aromatic carbocycles. The summed E-state index contributed by atoms with van der Waals surface area (Å²) in [6, 6.07) is 20.4. The monoisotopic (exact) mass is 900 g/mol. The van der Waals surface area contributed by atoms with Crippen molar-refractivity contribution in [2.75, 3.05) is 66.4 Å². The fraction of sp³-hybridized carbons (Fsp3) is 0.560. The molecule has 15 heteroatoms. The van der Waals surface area contributed by atoms with Crippen LogP contribution < -0.4 is 30.9 Å². The molecule has 2 aliphatic rings. The number of hydrogen-bond donors (Lipinski definition) is 5. The molecule has 0 radical (unpaired) electrons. The van der Waals surface area contributed by atoms with E-state index in [9.17, 15) is 24.3 Å². The zero-order valence-electron chi connectivity index (χ0n) is 40.3. The van der Waals surface area contributed by atoms with Gasteiger partial charge in [-0.3, -0.25) is 19.2 Å². The number of aliphatic hydroxyl groups is 1. The molecule has 0 bridgehead atoms. The minimum Gasteiger partial charge on any atom is -0.496 e. The van der Waals surface area contributed by atoms with E-state index in [1.807, 2.05) is 87.7 Å². The van der Waals surface area contributed by atoms with Crippen molar-refractivity contribution in [3.05, 3.63) is 83.4 Å². The lowest BCUT2D eigenvalue weighted by Gasteiger charge is -2.46. The van der Waals surface area contributed by atoms with Crippen molar-refractivity contribution in [2.45, 2.75) is 97.7 Å². The standard InChI is InChI=1S/C50H73N7O8/c1-31-32(2)50(5,6)21-20-42(31)54-48(61)45-44(33(3)64-49(62)52-23-22-51-34(4)59)43(30-58)65-57(45)28-36-18-15-19-41(46(36)63-11)37-25-38(27-40(26-37)56(9)10)47(60)53-39(29-55(7)8)24-35-16-13-12-14-17-35/h12-19,25-27,31-33,39,42-45,58H,20-24,28-30H2,1-11H3,(H,51,59)(H,52,62)(H,53,60)(H,54,61)/t31-,32-,33-,39-,42-,43-,44+,45-/m0/s1. The van der Waals surface area contributed by atoms with Gasteiger partial charge in [0.2, 0.25) is 11.8 Å². The highest BCUT2D eigenvalue weighted by atomic mass is 16.7. The molecule has 1 saturated carbocycles. The van der Waals surface area contributed by atoms with E-state index in [0.29, 0.717) is 35.8 Å². The Bertz CT molecular complexity index is 2080. The van der Waals surface area contributed by atoms with Gasteiger partial charge in [0.1, 0.15) is 24.0 Å². The first-order chi connectivity index (χ1) is 30.8. The molecule has 65 heavy (non-hydrogen) atoms. The first kappa shape index (κ1) is 50.8. The molecule has 1 aliphatic heterocycles. The molecular formula is C50H73N7O8. The van der Waals surface area contributed by atoms with Crippen LogP contribution in [-0.2, 0) is 32.1 Å². The second kappa shape index (κ2) is 22.8. The van der Waals surface area contributed by atoms with Gasteiger partial charge in [0.15, 0.2) is 0 Å². The molecule has 8 atom stereocenters. The third-order valence-corrected chi connectivity index (χ3v) is 13.4. The van der Waals surface area contributed by atoms with E-state index in [2.05, 4.69) is 66.0 Å². The summed E-state index contributed by atoms with van der Waals surface area (Å²) in [5, 5.41) is 24.2. The van der Waals surface area contributed by atoms with Crippen molar-refractivity contribution >= 4 is 29.5 Å². The van der Waals surface area contributed by atoms with E-state index in [1.165, 1.54) is 6.92 Å². The van der Waals surface area contributed by atoms with Crippen molar-refractivity contribution in [1.29, 1.82) is 0 Å². The molecule has 356 valence electrons. The highest BCUT2D eigenvalue weighted by molar-refractivity contribution is 5.97. The Labute approximate surface area is 385 Å². The summed E-state index contributed by atoms with van der Waals surface area (Å²) in [4.78, 5) is 63.7. The molecule has 0 aromatic heterocycles. The van der Waals surface area contributed by atoms with Gasteiger partial charge in [-0.1, -0.05) is 76.2 Å². The quantitative estimate of drug-likeness (QED) is 0.0996. The first-order valence-corrected chi connectivity index (χ1v) is 22.8. The Morgan fingerprint density at radius 1 is 0.969 bits per heavy atom. The molecule has 0 unspecified atom stereocenters. The van der Waals surface area contributed by atoms with E-state index in [1.54, 1.807) is 19.1 Å². The van der Waals surface area contributed by atoms with Crippen LogP contribution in [0.1, 0.15) is 75.9 Å². The Kier molecular flexibility index (Phi) is 17.8. The summed E-state index contributed by atoms with van der Waals surface area (Å²) in [6.07, 6.45) is -0.0552. The van der Waals surface area contributed by atoms with E-state index in [0.717, 1.165) is 35.2 Å². The molecule has 5 rings (SSSR count). The molecular weight excluding hydrogens is 827 g/mol. The van der Waals surface area contributed by atoms with E-state index >= 15 is 0 Å². The number of hydroxylamine groups is 2. The Morgan fingerprint density at radius 3 is 2.32 bits per heavy atom. The van der Waals surface area contributed by atoms with Gasteiger partial charge >= 0.3 is 6.09 Å². The van der Waals surface area contributed by atoms with Crippen LogP contribution in [0, 0.1) is 23.2 Å². The fourth-order valence-corrected chi connectivity index (χ4v) is 9.37. The maximum absolute atomic E-state index is 14.8. The largest absolute Gasteiger partial charge is 0.496 e. The van der Waals surface area contributed by atoms with E-state index in [4.69, 9.17) is 14.3 Å². The molecule has 1 heterocycles. The third kappa shape index (κ3) is 13.2. The first-order valence-electron chi connectivity index (χ1n) is 22.8. The van der Waals surface area contributed by atoms with Crippen molar-refractivity contribution in [1.82, 2.24) is 31.2 Å². The van der Waals surface area contributed by atoms with Gasteiger partial charge in [-0.15, -0.1) is 0 Å². The Balaban J connectivity index is 1.47. The maximum atomic E-state index is 14.8. The molecule has 0 spiro atoms. The smallest absolute Gasteiger partial charge is 0.407 e. The summed E-state index contributed by atoms with van der Waals surface area (Å²) < 4.78 is 12.0. The van der Waals surface area contributed by atoms with Crippen LogP contribution in [0.25, 0.3) is 11.1 Å². The highest BCUT2D eigenvalue weighted by Gasteiger charge is 2.52. The van der Waals surface area contributed by atoms with Gasteiger partial charge in [-0.25, -0.2) is 4.79 Å². The molecule has 1 aliphatic carbocycles. The number of carbonyl (C=O) groups excluding carboxylic acids is 4. The zero-order valence-corrected chi connectivity index (χ0v) is 40.3. The number of benzene rings is 3. The number of amides is 4. The normalized spacial score (nSPS) is 22.7. The number of aliphatic hydroxyl groups excluding tert-OH is 1. The minimum absolute atomic E-state index is 0.0772. The second-order valence-electron chi connectivity index (χ2n) is 19.0. The summed E-state index contributed by atoms with van der Waals surface area (Å²) in [7, 11) is 9.43. The van der Waals surface area contributed by atoms with E-state index in [-0.39, 0.29) is 60.8 Å². The lowest BCUT2D eigenvalue weighted by molar-refractivity contribution is -0.182. The Morgan fingerprint density at radius 2 is 1.68 bits per heavy atom. The van der Waals surface area contributed by atoms with Crippen molar-refractivity contribution in [2.24, 2.45) is 23.2 Å². The summed E-state index contributed by atoms with van der Waals surface area (Å²) in [6.45, 7) is 12.7. The SMILES string of the molecule is COc1c(CN2O[C@@H](CO)[C@@H]([C@H](C)OC(=O)NCCNC(C)=O)[C@H]2C(=O)N[C@H]2CCC(C)(C)[C@@H](C)[C@@H]2C)cccc1-c1cc(C(=O)N[C@@H](Cc2ccccc2)CN(C)C)cc(N(C)C)c1. The van der Waals surface area contributed by atoms with Gasteiger partial charge in [-0.05, 0) is 86.9 Å². The Hall–Kier alpha value is -5.22. The van der Waals surface area contributed by atoms with Crippen molar-refractivity contribution in [3.8, 4) is 16.9 Å². The average Bonchev–Trinajstić information content (AvgIpc) is 3.63. The van der Waals surface area contributed by atoms with E-state index < -0.39 is 36.9 Å². The van der Waals surface area contributed by atoms with Crippen LogP contribution in [0.3, 0.4) is 0 Å². The highest BCUT2D eigenvalue weighted by Crippen LogP contribution is 2.44. The van der Waals surface area contributed by atoms with Gasteiger partial charge in [0.05, 0.1) is 26.2 Å². The number of methoxy groups -OCH3 is 1. The van der Waals surface area contributed by atoms with Crippen LogP contribution in [0.2, 0.25) is 0 Å². The summed E-state index contributed by atoms with van der Waals surface area (Å²) in [5.41, 5.74) is 4.75. The number of alkyl carbamates (subject to hydrolysis) is 1. The van der Waals surface area contributed by atoms with Gasteiger partial charge in [0.25, 0.3) is 5.91 Å². The number of likely N-dealkylation sites (N-methyl/N-ethyl adjacent to an activating group) is 1. The molecule has 3 aromatic rings. The van der Waals surface area contributed by atoms with Gasteiger partial charge < -0.3 is 45.6 Å². The van der Waals surface area contributed by atoms with Crippen LogP contribution in [0.4, 0.5) is 10.5 Å². The number of rotatable bonds is 19. The number of nitrogens with zero attached hydrogens (tertiary/aromatic N) is 3. The fourth-order valence-electron chi connectivity index (χ4n) is 9.37. The van der Waals surface area contributed by atoms with Crippen LogP contribution in [0.15, 0.2) is 66.7 Å². The minimum atomic E-state index is -0.974. The number of anilines is 1. The second-order valence-corrected chi connectivity index (χ2v) is 19.0. The average molecular weight is 900 g/mol. The molecule has 5 N–H and O–H groups in total. The summed E-state index contributed by atoms with van der Waals surface area (Å²) in [5.74, 6) is -0.410. The molecule has 1 saturated heterocycles. The van der Waals surface area contributed by atoms with Gasteiger partial charge in [0, 0.05) is 75.1 Å². The predicted octanol–water partition coefficient (Wildman–Crippen LogP) is 5.25. The molecule has 2 fully saturated rings. The predicted molar refractivity (Wildman–Crippen MR) is 253 cm³/mol. The maximum Gasteiger partial charge on any atom is 0.407 e. The van der Waals surface area contributed by atoms with Crippen LogP contribution >= 0.6 is 0 Å². The van der Waals surface area contributed by atoms with Gasteiger partial charge in [-0.2, -0.15) is 5.06 Å². The number of hydrogen-bond acceptors (Lipinski definition) is 11. The van der Waals surface area contributed by atoms with Crippen LogP contribution in [-0.4, -0.2) is 131 Å². The lowest BCUT2D eigenvalue weighted by Crippen LogP contribution is -2.55. The number of ether oxygens (including phenoxy) is 2. The number of carbonyl (C=O) groups is 4. The molecule has 4 amide bonds. The number of para-hydroxylation sites is 1. The van der Waals surface area contributed by atoms with Crippen molar-refractivity contribution < 1.29 is 38.6 Å². The molecule has 15 nitrogen and oxygen atoms in total. The zero-order chi connectivity index (χ0) is 47.6.